The molecule has 0 amide bonds. The van der Waals surface area contributed by atoms with Crippen molar-refractivity contribution in [3.8, 4) is 0 Å². The van der Waals surface area contributed by atoms with Gasteiger partial charge in [0.1, 0.15) is 0 Å². The van der Waals surface area contributed by atoms with E-state index in [2.05, 4.69) is 19.2 Å². The van der Waals surface area contributed by atoms with Gasteiger partial charge in [-0.25, -0.2) is 4.79 Å². The lowest BCUT2D eigenvalue weighted by molar-refractivity contribution is 0.0699. The number of carbonyl (C=O) groups is 1. The van der Waals surface area contributed by atoms with Crippen LogP contribution >= 0.6 is 11.8 Å². The summed E-state index contributed by atoms with van der Waals surface area (Å²) in [6.07, 6.45) is 0. The molecule has 0 radical (unpaired) electrons. The molecule has 2 N–H and O–H groups in total. The van der Waals surface area contributed by atoms with Gasteiger partial charge in [0.05, 0.1) is 5.56 Å². The number of anilines is 1. The molecule has 3 nitrogen and oxygen atoms in total. The van der Waals surface area contributed by atoms with E-state index < -0.39 is 5.97 Å². The van der Waals surface area contributed by atoms with E-state index in [1.165, 1.54) is 0 Å². The molecule has 4 heteroatoms. The molecule has 0 aromatic heterocycles. The van der Waals surface area contributed by atoms with Crippen LogP contribution in [0.15, 0.2) is 36.4 Å². The van der Waals surface area contributed by atoms with Gasteiger partial charge in [0.15, 0.2) is 0 Å². The van der Waals surface area contributed by atoms with E-state index in [1.807, 2.05) is 42.1 Å². The molecule has 20 heavy (non-hydrogen) atoms. The van der Waals surface area contributed by atoms with Crippen LogP contribution in [-0.2, 0) is 0 Å². The van der Waals surface area contributed by atoms with E-state index in [4.69, 9.17) is 0 Å². The first-order chi connectivity index (χ1) is 9.63. The normalized spacial score (nSPS) is 12.3. The maximum atomic E-state index is 11.3. The van der Waals surface area contributed by atoms with Gasteiger partial charge < -0.3 is 10.4 Å². The number of hydrogen-bond donors (Lipinski definition) is 2. The maximum absolute atomic E-state index is 11.3. The summed E-state index contributed by atoms with van der Waals surface area (Å²) in [6, 6.07) is 11.5. The molecule has 0 spiro atoms. The molecule has 0 aliphatic rings. The number of carboxylic acids is 1. The van der Waals surface area contributed by atoms with Crippen LogP contribution in [0.25, 0.3) is 10.8 Å². The average molecular weight is 289 g/mol. The second-order valence-corrected chi connectivity index (χ2v) is 6.04. The Bertz CT molecular complexity index is 612. The zero-order chi connectivity index (χ0) is 14.5. The topological polar surface area (TPSA) is 49.3 Å². The number of hydrogen-bond acceptors (Lipinski definition) is 3. The fourth-order valence-corrected chi connectivity index (χ4v) is 2.89. The number of nitrogens with one attached hydrogen (secondary N) is 1. The highest BCUT2D eigenvalue weighted by Gasteiger charge is 2.12. The minimum atomic E-state index is -0.887. The van der Waals surface area contributed by atoms with Crippen molar-refractivity contribution >= 4 is 34.2 Å². The minimum Gasteiger partial charge on any atom is -0.478 e. The fraction of sp³-hybridized carbons (Fsp3) is 0.312. The van der Waals surface area contributed by atoms with Gasteiger partial charge in [-0.3, -0.25) is 0 Å². The van der Waals surface area contributed by atoms with Gasteiger partial charge in [0, 0.05) is 22.9 Å². The Balaban J connectivity index is 2.35. The molecule has 0 saturated heterocycles. The fourth-order valence-electron chi connectivity index (χ4n) is 2.21. The Hall–Kier alpha value is -1.68. The Kier molecular flexibility index (Phi) is 4.90. The SMILES string of the molecule is CCSCC(C)Nc1ccc(C(=O)O)c2ccccc12. The Morgan fingerprint density at radius 2 is 1.95 bits per heavy atom. The molecule has 0 heterocycles. The van der Waals surface area contributed by atoms with E-state index in [1.54, 1.807) is 6.07 Å². The number of benzene rings is 2. The zero-order valence-corrected chi connectivity index (χ0v) is 12.5. The second-order valence-electron chi connectivity index (χ2n) is 4.72. The van der Waals surface area contributed by atoms with Gasteiger partial charge in [-0.05, 0) is 30.2 Å². The molecule has 0 saturated carbocycles. The largest absolute Gasteiger partial charge is 0.478 e. The van der Waals surface area contributed by atoms with Crippen molar-refractivity contribution in [2.24, 2.45) is 0 Å². The molecule has 0 bridgehead atoms. The van der Waals surface area contributed by atoms with E-state index in [9.17, 15) is 9.90 Å². The lowest BCUT2D eigenvalue weighted by atomic mass is 10.0. The molecule has 1 atom stereocenters. The van der Waals surface area contributed by atoms with Crippen molar-refractivity contribution in [3.05, 3.63) is 42.0 Å². The summed E-state index contributed by atoms with van der Waals surface area (Å²) in [5.41, 5.74) is 1.34. The smallest absolute Gasteiger partial charge is 0.336 e. The third kappa shape index (κ3) is 3.25. The molecule has 1 unspecified atom stereocenters. The number of aromatic carboxylic acids is 1. The van der Waals surface area contributed by atoms with E-state index in [0.717, 1.165) is 28.0 Å². The molecule has 106 valence electrons. The van der Waals surface area contributed by atoms with Crippen molar-refractivity contribution in [1.29, 1.82) is 0 Å². The highest BCUT2D eigenvalue weighted by molar-refractivity contribution is 7.99. The van der Waals surface area contributed by atoms with Crippen molar-refractivity contribution in [2.45, 2.75) is 19.9 Å². The first-order valence-corrected chi connectivity index (χ1v) is 7.88. The van der Waals surface area contributed by atoms with Gasteiger partial charge in [-0.2, -0.15) is 11.8 Å². The summed E-state index contributed by atoms with van der Waals surface area (Å²) in [5, 5.41) is 14.5. The van der Waals surface area contributed by atoms with Crippen LogP contribution in [0.2, 0.25) is 0 Å². The van der Waals surface area contributed by atoms with Crippen LogP contribution in [0, 0.1) is 0 Å². The molecule has 2 aromatic carbocycles. The van der Waals surface area contributed by atoms with Gasteiger partial charge in [-0.1, -0.05) is 31.2 Å². The summed E-state index contributed by atoms with van der Waals surface area (Å²) in [5.74, 6) is 1.25. The third-order valence-corrected chi connectivity index (χ3v) is 4.27. The molecule has 2 rings (SSSR count). The second kappa shape index (κ2) is 6.66. The molecular formula is C16H19NO2S. The van der Waals surface area contributed by atoms with Crippen molar-refractivity contribution in [1.82, 2.24) is 0 Å². The van der Waals surface area contributed by atoms with Crippen LogP contribution in [0.5, 0.6) is 0 Å². The Morgan fingerprint density at radius 1 is 1.25 bits per heavy atom. The average Bonchev–Trinajstić information content (AvgIpc) is 2.45. The van der Waals surface area contributed by atoms with Crippen LogP contribution in [0.1, 0.15) is 24.2 Å². The van der Waals surface area contributed by atoms with Crippen molar-refractivity contribution in [2.75, 3.05) is 16.8 Å². The predicted molar refractivity (Wildman–Crippen MR) is 87.0 cm³/mol. The van der Waals surface area contributed by atoms with Gasteiger partial charge in [-0.15, -0.1) is 0 Å². The standard InChI is InChI=1S/C16H19NO2S/c1-3-20-10-11(2)17-15-9-8-14(16(18)19)12-6-4-5-7-13(12)15/h4-9,11,17H,3,10H2,1-2H3,(H,18,19). The Labute approximate surface area is 123 Å². The molecule has 0 aliphatic heterocycles. The monoisotopic (exact) mass is 289 g/mol. The molecule has 0 fully saturated rings. The lowest BCUT2D eigenvalue weighted by Crippen LogP contribution is -2.18. The van der Waals surface area contributed by atoms with E-state index in [-0.39, 0.29) is 0 Å². The number of carboxylic acid groups (broad SMARTS) is 1. The highest BCUT2D eigenvalue weighted by atomic mass is 32.2. The van der Waals surface area contributed by atoms with E-state index in [0.29, 0.717) is 11.6 Å². The predicted octanol–water partition coefficient (Wildman–Crippen LogP) is 4.09. The quantitative estimate of drug-likeness (QED) is 0.841. The summed E-state index contributed by atoms with van der Waals surface area (Å²) in [6.45, 7) is 4.29. The van der Waals surface area contributed by atoms with Crippen LogP contribution < -0.4 is 5.32 Å². The number of fused-ring (bicyclic) bond motifs is 1. The molecular weight excluding hydrogens is 270 g/mol. The van der Waals surface area contributed by atoms with E-state index >= 15 is 0 Å². The maximum Gasteiger partial charge on any atom is 0.336 e. The first-order valence-electron chi connectivity index (χ1n) is 6.72. The Morgan fingerprint density at radius 3 is 2.60 bits per heavy atom. The van der Waals surface area contributed by atoms with Gasteiger partial charge in [0.2, 0.25) is 0 Å². The van der Waals surface area contributed by atoms with Crippen molar-refractivity contribution < 1.29 is 9.90 Å². The van der Waals surface area contributed by atoms with Crippen LogP contribution in [-0.4, -0.2) is 28.6 Å². The van der Waals surface area contributed by atoms with Gasteiger partial charge >= 0.3 is 5.97 Å². The summed E-state index contributed by atoms with van der Waals surface area (Å²) >= 11 is 1.89. The highest BCUT2D eigenvalue weighted by Crippen LogP contribution is 2.27. The van der Waals surface area contributed by atoms with Gasteiger partial charge in [0.25, 0.3) is 0 Å². The van der Waals surface area contributed by atoms with Crippen LogP contribution in [0.4, 0.5) is 5.69 Å². The summed E-state index contributed by atoms with van der Waals surface area (Å²) in [7, 11) is 0. The molecule has 0 aliphatic carbocycles. The van der Waals surface area contributed by atoms with Crippen LogP contribution in [0.3, 0.4) is 0 Å². The van der Waals surface area contributed by atoms with Crippen molar-refractivity contribution in [3.63, 3.8) is 0 Å². The third-order valence-electron chi connectivity index (χ3n) is 3.13. The lowest BCUT2D eigenvalue weighted by Gasteiger charge is -2.17. The summed E-state index contributed by atoms with van der Waals surface area (Å²) < 4.78 is 0. The minimum absolute atomic E-state index is 0.346. The number of thioether (sulfide) groups is 1. The summed E-state index contributed by atoms with van der Waals surface area (Å²) in [4.78, 5) is 11.3. The number of rotatable bonds is 6. The first kappa shape index (κ1) is 14.7. The molecule has 2 aromatic rings. The zero-order valence-electron chi connectivity index (χ0n) is 11.7.